The van der Waals surface area contributed by atoms with Crippen molar-refractivity contribution in [2.75, 3.05) is 11.5 Å². The molecule has 0 fully saturated rings. The van der Waals surface area contributed by atoms with Crippen LogP contribution in [0.1, 0.15) is 45.1 Å². The normalized spacial score (nSPS) is 26.1. The van der Waals surface area contributed by atoms with Crippen molar-refractivity contribution in [3.63, 3.8) is 0 Å². The van der Waals surface area contributed by atoms with Crippen LogP contribution in [0, 0.1) is 5.92 Å². The highest BCUT2D eigenvalue weighted by Gasteiger charge is 2.67. The first-order valence-corrected chi connectivity index (χ1v) is 9.50. The monoisotopic (exact) mass is 383 g/mol. The van der Waals surface area contributed by atoms with Gasteiger partial charge in [-0.1, -0.05) is 18.2 Å². The maximum absolute atomic E-state index is 13.5. The minimum Gasteiger partial charge on any atom is -0.475 e. The summed E-state index contributed by atoms with van der Waals surface area (Å²) in [5.74, 6) is -2.86. The lowest BCUT2D eigenvalue weighted by Crippen LogP contribution is -2.49. The molecule has 0 saturated carbocycles. The zero-order valence-electron chi connectivity index (χ0n) is 15.8. The summed E-state index contributed by atoms with van der Waals surface area (Å²) in [6.07, 6.45) is 2.18. The van der Waals surface area contributed by atoms with Gasteiger partial charge in [0.05, 0.1) is 17.9 Å². The molecule has 0 aromatic heterocycles. The molecule has 2 unspecified atom stereocenters. The van der Waals surface area contributed by atoms with E-state index in [2.05, 4.69) is 0 Å². The van der Waals surface area contributed by atoms with Crippen LogP contribution in [0.25, 0.3) is 0 Å². The van der Waals surface area contributed by atoms with Crippen LogP contribution in [-0.2, 0) is 34.3 Å². The molecule has 2 aliphatic heterocycles. The number of amides is 2. The molecule has 2 amide bonds. The molecule has 0 N–H and O–H groups in total. The van der Waals surface area contributed by atoms with E-state index in [0.717, 1.165) is 11.3 Å². The second kappa shape index (κ2) is 6.58. The lowest BCUT2D eigenvalue weighted by Gasteiger charge is -2.29. The number of Topliss-reactive ketones (excluding diaryl/α,β-unsaturated/α-hetero) is 1. The number of benzene rings is 1. The summed E-state index contributed by atoms with van der Waals surface area (Å²) < 4.78 is 11.4. The average Bonchev–Trinajstić information content (AvgIpc) is 3.06. The van der Waals surface area contributed by atoms with Gasteiger partial charge in [0.1, 0.15) is 11.7 Å². The summed E-state index contributed by atoms with van der Waals surface area (Å²) in [6.45, 7) is 3.05. The number of rotatable bonds is 2. The van der Waals surface area contributed by atoms with E-state index in [1.807, 2.05) is 0 Å². The molecular weight excluding hydrogens is 362 g/mol. The third-order valence-corrected chi connectivity index (χ3v) is 5.54. The highest BCUT2D eigenvalue weighted by atomic mass is 16.5. The van der Waals surface area contributed by atoms with Gasteiger partial charge in [0, 0.05) is 25.3 Å². The van der Waals surface area contributed by atoms with E-state index in [0.29, 0.717) is 36.3 Å². The summed E-state index contributed by atoms with van der Waals surface area (Å²) in [5, 5.41) is 0. The van der Waals surface area contributed by atoms with Crippen LogP contribution < -0.4 is 4.90 Å². The molecule has 2 atom stereocenters. The molecule has 0 radical (unpaired) electrons. The van der Waals surface area contributed by atoms with Crippen LogP contribution in [0.5, 0.6) is 0 Å². The van der Waals surface area contributed by atoms with E-state index in [1.165, 1.54) is 6.92 Å². The predicted octanol–water partition coefficient (Wildman–Crippen LogP) is 2.38. The molecule has 1 spiro atoms. The van der Waals surface area contributed by atoms with Crippen LogP contribution in [0.4, 0.5) is 5.69 Å². The third-order valence-electron chi connectivity index (χ3n) is 5.54. The molecule has 1 aliphatic carbocycles. The Labute approximate surface area is 162 Å². The largest absolute Gasteiger partial charge is 0.475 e. The molecule has 7 nitrogen and oxygen atoms in total. The van der Waals surface area contributed by atoms with Crippen LogP contribution in [-0.4, -0.2) is 30.2 Å². The molecule has 1 aromatic rings. The zero-order chi connectivity index (χ0) is 20.1. The van der Waals surface area contributed by atoms with Crippen molar-refractivity contribution >= 4 is 29.3 Å². The van der Waals surface area contributed by atoms with Gasteiger partial charge in [0.15, 0.2) is 5.78 Å². The Morgan fingerprint density at radius 1 is 1.21 bits per heavy atom. The predicted molar refractivity (Wildman–Crippen MR) is 98.0 cm³/mol. The summed E-state index contributed by atoms with van der Waals surface area (Å²) in [4.78, 5) is 52.6. The minimum atomic E-state index is -1.77. The number of carbonyl (C=O) groups excluding carboxylic acids is 4. The highest BCUT2D eigenvalue weighted by molar-refractivity contribution is 6.24. The van der Waals surface area contributed by atoms with Crippen molar-refractivity contribution in [3.8, 4) is 0 Å². The smallest absolute Gasteiger partial charge is 0.318 e. The van der Waals surface area contributed by atoms with Crippen LogP contribution in [0.2, 0.25) is 0 Å². The number of ether oxygens (including phenoxy) is 2. The summed E-state index contributed by atoms with van der Waals surface area (Å²) in [7, 11) is 0. The molecule has 0 saturated heterocycles. The SMILES string of the molecule is CCOC(=O)C1C2=C(CCCCC2=O)OC12C(=O)N(C(C)=O)c1ccccc12. The lowest BCUT2D eigenvalue weighted by atomic mass is 9.77. The maximum Gasteiger partial charge on any atom is 0.318 e. The summed E-state index contributed by atoms with van der Waals surface area (Å²) >= 11 is 0. The first kappa shape index (κ1) is 18.4. The van der Waals surface area contributed by atoms with Gasteiger partial charge in [-0.15, -0.1) is 0 Å². The second-order valence-electron chi connectivity index (χ2n) is 7.17. The van der Waals surface area contributed by atoms with Crippen LogP contribution in [0.3, 0.4) is 0 Å². The Bertz CT molecular complexity index is 933. The fourth-order valence-electron chi connectivity index (χ4n) is 4.45. The third kappa shape index (κ3) is 2.35. The van der Waals surface area contributed by atoms with Crippen LogP contribution in [0.15, 0.2) is 35.6 Å². The van der Waals surface area contributed by atoms with Crippen molar-refractivity contribution < 1.29 is 28.7 Å². The number of esters is 1. The number of hydrogen-bond donors (Lipinski definition) is 0. The topological polar surface area (TPSA) is 90.0 Å². The molecular formula is C21H21NO6. The number of fused-ring (bicyclic) bond motifs is 2. The summed E-state index contributed by atoms with van der Waals surface area (Å²) in [6, 6.07) is 6.73. The van der Waals surface area contributed by atoms with Gasteiger partial charge in [-0.2, -0.15) is 0 Å². The lowest BCUT2D eigenvalue weighted by molar-refractivity contribution is -0.161. The van der Waals surface area contributed by atoms with Gasteiger partial charge in [-0.25, -0.2) is 4.90 Å². The fourth-order valence-corrected chi connectivity index (χ4v) is 4.45. The van der Waals surface area contributed by atoms with E-state index < -0.39 is 29.3 Å². The Morgan fingerprint density at radius 3 is 2.64 bits per heavy atom. The Hall–Kier alpha value is -2.96. The molecule has 4 rings (SSSR count). The number of anilines is 1. The van der Waals surface area contributed by atoms with E-state index in [1.54, 1.807) is 31.2 Å². The molecule has 2 heterocycles. The van der Waals surface area contributed by atoms with Gasteiger partial charge in [0.25, 0.3) is 5.91 Å². The van der Waals surface area contributed by atoms with Crippen molar-refractivity contribution in [2.24, 2.45) is 5.92 Å². The number of carbonyl (C=O) groups is 4. The number of hydrogen-bond acceptors (Lipinski definition) is 6. The number of nitrogens with zero attached hydrogens (tertiary/aromatic N) is 1. The van der Waals surface area contributed by atoms with Gasteiger partial charge in [-0.05, 0) is 25.8 Å². The first-order valence-electron chi connectivity index (χ1n) is 9.50. The van der Waals surface area contributed by atoms with Crippen molar-refractivity contribution in [1.82, 2.24) is 0 Å². The van der Waals surface area contributed by atoms with Gasteiger partial charge >= 0.3 is 5.97 Å². The van der Waals surface area contributed by atoms with Crippen molar-refractivity contribution in [2.45, 2.75) is 45.1 Å². The number of imide groups is 1. The number of para-hydroxylation sites is 1. The molecule has 146 valence electrons. The van der Waals surface area contributed by atoms with E-state index >= 15 is 0 Å². The van der Waals surface area contributed by atoms with Crippen molar-refractivity contribution in [1.29, 1.82) is 0 Å². The fraction of sp³-hybridized carbons (Fsp3) is 0.429. The summed E-state index contributed by atoms with van der Waals surface area (Å²) in [5.41, 5.74) is -0.760. The van der Waals surface area contributed by atoms with Crippen molar-refractivity contribution in [3.05, 3.63) is 41.2 Å². The molecule has 3 aliphatic rings. The Balaban J connectivity index is 1.95. The standard InChI is InChI=1S/C21H21NO6/c1-3-27-19(25)18-17-15(24)10-6-7-11-16(17)28-21(18)13-8-4-5-9-14(13)22(12(2)23)20(21)26/h4-5,8-9,18H,3,6-7,10-11H2,1-2H3. The quantitative estimate of drug-likeness (QED) is 0.729. The molecule has 1 aromatic carbocycles. The number of allylic oxidation sites excluding steroid dienone is 1. The van der Waals surface area contributed by atoms with E-state index in [9.17, 15) is 19.2 Å². The Morgan fingerprint density at radius 2 is 1.93 bits per heavy atom. The van der Waals surface area contributed by atoms with Gasteiger partial charge < -0.3 is 9.47 Å². The average molecular weight is 383 g/mol. The van der Waals surface area contributed by atoms with Crippen LogP contribution >= 0.6 is 0 Å². The van der Waals surface area contributed by atoms with Gasteiger partial charge in [0.2, 0.25) is 11.5 Å². The first-order chi connectivity index (χ1) is 13.4. The minimum absolute atomic E-state index is 0.106. The number of ketones is 1. The molecule has 28 heavy (non-hydrogen) atoms. The second-order valence-corrected chi connectivity index (χ2v) is 7.17. The van der Waals surface area contributed by atoms with E-state index in [4.69, 9.17) is 9.47 Å². The van der Waals surface area contributed by atoms with Gasteiger partial charge in [-0.3, -0.25) is 19.2 Å². The Kier molecular flexibility index (Phi) is 4.33. The molecule has 0 bridgehead atoms. The van der Waals surface area contributed by atoms with E-state index in [-0.39, 0.29) is 18.0 Å². The zero-order valence-corrected chi connectivity index (χ0v) is 15.8. The maximum atomic E-state index is 13.5. The molecule has 7 heteroatoms. The highest BCUT2D eigenvalue weighted by Crippen LogP contribution is 2.56.